The normalized spacial score (nSPS) is 21.2. The van der Waals surface area contributed by atoms with Gasteiger partial charge in [-0.1, -0.05) is 34.6 Å². The van der Waals surface area contributed by atoms with Gasteiger partial charge in [-0.15, -0.1) is 22.7 Å². The smallest absolute Gasteiger partial charge is 0.275 e. The van der Waals surface area contributed by atoms with E-state index in [1.807, 2.05) is 12.1 Å². The van der Waals surface area contributed by atoms with Gasteiger partial charge in [0.05, 0.1) is 16.4 Å². The molecule has 274 valence electrons. The lowest BCUT2D eigenvalue weighted by Crippen LogP contribution is -2.38. The second-order valence-corrected chi connectivity index (χ2v) is 19.0. The van der Waals surface area contributed by atoms with Crippen LogP contribution in [0.15, 0.2) is 24.3 Å². The topological polar surface area (TPSA) is 119 Å². The molecule has 0 bridgehead atoms. The zero-order valence-electron chi connectivity index (χ0n) is 30.9. The number of nitrogens with one attached hydrogen (secondary N) is 3. The van der Waals surface area contributed by atoms with Crippen molar-refractivity contribution in [3.63, 3.8) is 0 Å². The maximum atomic E-state index is 13.2. The standard InChI is InChI=1S/C40H54N6O3S2/c1-39(2,3)29-6-8-31-25(18-29)16-27-20-33(50-37(27)43-31)35(48)41-11-14-46-13-10-24(23-46)22-40(4,5)30-7-9-32-26(19-30)17-28-21-34(51-38(28)44-32)36(49)45-42-12-15-47/h16-17,20-21,24,29-30,42,47H,6-15,18-19,22-23H2,1-5H3,(H,41,48)(H,45,49). The Labute approximate surface area is 310 Å². The summed E-state index contributed by atoms with van der Waals surface area (Å²) < 4.78 is 0. The first kappa shape index (κ1) is 36.4. The van der Waals surface area contributed by atoms with E-state index < -0.39 is 0 Å². The number of carbonyl (C=O) groups is 2. The summed E-state index contributed by atoms with van der Waals surface area (Å²) in [5.74, 6) is 1.73. The molecular formula is C40H54N6O3S2. The molecule has 4 aromatic rings. The third-order valence-electron chi connectivity index (χ3n) is 11.9. The Bertz CT molecular complexity index is 1910. The summed E-state index contributed by atoms with van der Waals surface area (Å²) >= 11 is 2.94. The van der Waals surface area contributed by atoms with Crippen LogP contribution in [0.1, 0.15) is 102 Å². The van der Waals surface area contributed by atoms with E-state index in [4.69, 9.17) is 15.1 Å². The number of hydrogen-bond acceptors (Lipinski definition) is 9. The molecule has 3 aliphatic rings. The number of nitrogens with zero attached hydrogens (tertiary/aromatic N) is 3. The highest BCUT2D eigenvalue weighted by molar-refractivity contribution is 7.20. The minimum absolute atomic E-state index is 0.0155. The van der Waals surface area contributed by atoms with E-state index in [2.05, 4.69) is 67.8 Å². The van der Waals surface area contributed by atoms with Crippen molar-refractivity contribution >= 4 is 54.9 Å². The van der Waals surface area contributed by atoms with E-state index in [0.29, 0.717) is 41.1 Å². The van der Waals surface area contributed by atoms with E-state index >= 15 is 0 Å². The lowest BCUT2D eigenvalue weighted by Gasteiger charge is -2.39. The third-order valence-corrected chi connectivity index (χ3v) is 13.9. The molecule has 1 aliphatic heterocycles. The number of aryl methyl sites for hydroxylation is 2. The molecule has 9 nitrogen and oxygen atoms in total. The van der Waals surface area contributed by atoms with Crippen LogP contribution >= 0.6 is 22.7 Å². The van der Waals surface area contributed by atoms with Crippen molar-refractivity contribution in [3.05, 3.63) is 56.5 Å². The zero-order chi connectivity index (χ0) is 35.9. The Morgan fingerprint density at radius 1 is 0.843 bits per heavy atom. The summed E-state index contributed by atoms with van der Waals surface area (Å²) in [6.07, 6.45) is 8.83. The van der Waals surface area contributed by atoms with Gasteiger partial charge in [0, 0.05) is 48.3 Å². The van der Waals surface area contributed by atoms with Crippen molar-refractivity contribution in [1.29, 1.82) is 0 Å². The van der Waals surface area contributed by atoms with Gasteiger partial charge < -0.3 is 15.3 Å². The fraction of sp³-hybridized carbons (Fsp3) is 0.600. The first-order valence-electron chi connectivity index (χ1n) is 18.9. The van der Waals surface area contributed by atoms with Gasteiger partial charge in [-0.25, -0.2) is 15.4 Å². The lowest BCUT2D eigenvalue weighted by molar-refractivity contribution is 0.0931. The summed E-state index contributed by atoms with van der Waals surface area (Å²) in [6, 6.07) is 8.51. The summed E-state index contributed by atoms with van der Waals surface area (Å²) in [4.78, 5) is 41.5. The minimum atomic E-state index is -0.197. The molecule has 0 radical (unpaired) electrons. The molecule has 1 fully saturated rings. The number of hydrogen-bond donors (Lipinski definition) is 4. The van der Waals surface area contributed by atoms with Gasteiger partial charge in [-0.05, 0) is 122 Å². The number of likely N-dealkylation sites (tertiary alicyclic amines) is 1. The quantitative estimate of drug-likeness (QED) is 0.102. The van der Waals surface area contributed by atoms with Gasteiger partial charge in [0.1, 0.15) is 9.66 Å². The second kappa shape index (κ2) is 14.8. The molecule has 0 saturated carbocycles. The van der Waals surface area contributed by atoms with E-state index in [1.54, 1.807) is 0 Å². The molecule has 3 unspecified atom stereocenters. The highest BCUT2D eigenvalue weighted by Crippen LogP contribution is 2.44. The SMILES string of the molecule is CC(C)(C)C1CCc2nc3sc(C(=O)NCCN4CCC(CC(C)(C)C5CCc6nc7sc(C(=O)NNCCO)cc7cc6C5)C4)cc3cc2C1. The molecule has 5 heterocycles. The van der Waals surface area contributed by atoms with Crippen LogP contribution in [0.3, 0.4) is 0 Å². The predicted molar refractivity (Wildman–Crippen MR) is 208 cm³/mol. The number of aliphatic hydroxyl groups excluding tert-OH is 1. The molecule has 7 rings (SSSR count). The van der Waals surface area contributed by atoms with Crippen molar-refractivity contribution in [3.8, 4) is 0 Å². The number of thiophene rings is 2. The summed E-state index contributed by atoms with van der Waals surface area (Å²) in [5, 5.41) is 14.3. The first-order valence-corrected chi connectivity index (χ1v) is 20.5. The Hall–Kier alpha value is -2.96. The number of aromatic nitrogens is 2. The van der Waals surface area contributed by atoms with Gasteiger partial charge >= 0.3 is 0 Å². The second-order valence-electron chi connectivity index (χ2n) is 17.0. The number of pyridine rings is 2. The molecule has 0 aromatic carbocycles. The Morgan fingerprint density at radius 3 is 2.08 bits per heavy atom. The average Bonchev–Trinajstić information content (AvgIpc) is 3.83. The van der Waals surface area contributed by atoms with E-state index in [0.717, 1.165) is 77.0 Å². The summed E-state index contributed by atoms with van der Waals surface area (Å²) in [5.41, 5.74) is 11.0. The zero-order valence-corrected chi connectivity index (χ0v) is 32.5. The number of fused-ring (bicyclic) bond motifs is 4. The number of rotatable bonds is 11. The van der Waals surface area contributed by atoms with Crippen molar-refractivity contribution in [2.24, 2.45) is 28.6 Å². The Balaban J connectivity index is 0.888. The maximum Gasteiger partial charge on any atom is 0.275 e. The van der Waals surface area contributed by atoms with Crippen molar-refractivity contribution in [1.82, 2.24) is 31.0 Å². The van der Waals surface area contributed by atoms with Crippen LogP contribution in [0, 0.1) is 28.6 Å². The maximum absolute atomic E-state index is 13.2. The molecule has 2 aliphatic carbocycles. The highest BCUT2D eigenvalue weighted by atomic mass is 32.1. The Kier molecular flexibility index (Phi) is 10.6. The number of amides is 2. The summed E-state index contributed by atoms with van der Waals surface area (Å²) in [6.45, 7) is 15.9. The highest BCUT2D eigenvalue weighted by Gasteiger charge is 2.37. The molecular weight excluding hydrogens is 677 g/mol. The molecule has 11 heteroatoms. The van der Waals surface area contributed by atoms with Crippen molar-refractivity contribution < 1.29 is 14.7 Å². The predicted octanol–water partition coefficient (Wildman–Crippen LogP) is 6.56. The largest absolute Gasteiger partial charge is 0.395 e. The van der Waals surface area contributed by atoms with Crippen LogP contribution in [0.25, 0.3) is 20.4 Å². The molecule has 51 heavy (non-hydrogen) atoms. The first-order chi connectivity index (χ1) is 24.4. The fourth-order valence-corrected chi connectivity index (χ4v) is 10.6. The molecule has 4 N–H and O–H groups in total. The molecule has 0 spiro atoms. The van der Waals surface area contributed by atoms with E-state index in [9.17, 15) is 9.59 Å². The van der Waals surface area contributed by atoms with Gasteiger partial charge in [-0.2, -0.15) is 0 Å². The van der Waals surface area contributed by atoms with Crippen LogP contribution in [-0.2, 0) is 25.7 Å². The van der Waals surface area contributed by atoms with Crippen LogP contribution in [0.4, 0.5) is 0 Å². The molecule has 3 atom stereocenters. The number of hydrazine groups is 1. The van der Waals surface area contributed by atoms with Gasteiger partial charge in [-0.3, -0.25) is 15.0 Å². The van der Waals surface area contributed by atoms with Gasteiger partial charge in [0.2, 0.25) is 0 Å². The van der Waals surface area contributed by atoms with E-state index in [1.165, 1.54) is 64.5 Å². The van der Waals surface area contributed by atoms with Crippen LogP contribution in [-0.4, -0.2) is 71.1 Å². The molecule has 2 amide bonds. The van der Waals surface area contributed by atoms with Gasteiger partial charge in [0.15, 0.2) is 0 Å². The number of carbonyl (C=O) groups excluding carboxylic acids is 2. The lowest BCUT2D eigenvalue weighted by atomic mass is 9.66. The molecule has 4 aromatic heterocycles. The third kappa shape index (κ3) is 8.18. The average molecular weight is 731 g/mol. The van der Waals surface area contributed by atoms with Crippen LogP contribution < -0.4 is 16.2 Å². The molecule has 1 saturated heterocycles. The van der Waals surface area contributed by atoms with Gasteiger partial charge in [0.25, 0.3) is 11.8 Å². The van der Waals surface area contributed by atoms with Crippen molar-refractivity contribution in [2.45, 2.75) is 86.0 Å². The fourth-order valence-electron chi connectivity index (χ4n) is 8.74. The summed E-state index contributed by atoms with van der Waals surface area (Å²) in [7, 11) is 0. The van der Waals surface area contributed by atoms with Crippen LogP contribution in [0.2, 0.25) is 0 Å². The minimum Gasteiger partial charge on any atom is -0.395 e. The monoisotopic (exact) mass is 730 g/mol. The van der Waals surface area contributed by atoms with Crippen molar-refractivity contribution in [2.75, 3.05) is 39.3 Å². The Morgan fingerprint density at radius 2 is 1.45 bits per heavy atom. The van der Waals surface area contributed by atoms with Crippen LogP contribution in [0.5, 0.6) is 0 Å². The van der Waals surface area contributed by atoms with E-state index in [-0.39, 0.29) is 23.8 Å². The number of aliphatic hydroxyl groups is 1.